The summed E-state index contributed by atoms with van der Waals surface area (Å²) in [6, 6.07) is -1.13. The zero-order chi connectivity index (χ0) is 15.3. The van der Waals surface area contributed by atoms with Gasteiger partial charge in [-0.3, -0.25) is 9.59 Å². The van der Waals surface area contributed by atoms with E-state index < -0.39 is 29.6 Å². The van der Waals surface area contributed by atoms with E-state index in [1.54, 1.807) is 0 Å². The van der Waals surface area contributed by atoms with Crippen LogP contribution in [0.2, 0.25) is 0 Å². The van der Waals surface area contributed by atoms with E-state index >= 15 is 0 Å². The van der Waals surface area contributed by atoms with E-state index in [9.17, 15) is 22.8 Å². The molecule has 2 unspecified atom stereocenters. The van der Waals surface area contributed by atoms with Crippen LogP contribution < -0.4 is 16.4 Å². The van der Waals surface area contributed by atoms with Crippen LogP contribution in [-0.4, -0.2) is 49.8 Å². The Hall–Kier alpha value is -1.35. The zero-order valence-electron chi connectivity index (χ0n) is 10.9. The average molecular weight is 285 g/mol. The molecule has 4 N–H and O–H groups in total. The third kappa shape index (κ3) is 5.03. The molecule has 0 aliphatic rings. The van der Waals surface area contributed by atoms with Crippen LogP contribution in [-0.2, 0) is 14.3 Å². The number of rotatable bonds is 6. The highest BCUT2D eigenvalue weighted by Gasteiger charge is 2.54. The molecule has 0 rings (SSSR count). The second-order valence-electron chi connectivity index (χ2n) is 4.18. The van der Waals surface area contributed by atoms with Crippen molar-refractivity contribution in [2.75, 3.05) is 20.3 Å². The lowest BCUT2D eigenvalue weighted by Gasteiger charge is -2.27. The molecule has 6 nitrogen and oxygen atoms in total. The van der Waals surface area contributed by atoms with Crippen LogP contribution in [0.3, 0.4) is 0 Å². The van der Waals surface area contributed by atoms with Crippen LogP contribution in [0.15, 0.2) is 0 Å². The third-order valence-corrected chi connectivity index (χ3v) is 2.41. The summed E-state index contributed by atoms with van der Waals surface area (Å²) in [5.41, 5.74) is 1.87. The minimum atomic E-state index is -4.90. The standard InChI is InChI=1S/C10H18F3N3O3/c1-6(7(17)15-4-5-19-3)16-8(18)9(2,14)10(11,12)13/h6H,4-5,14H2,1-3H3,(H,15,17)(H,16,18). The first-order valence-corrected chi connectivity index (χ1v) is 5.47. The number of hydrogen-bond acceptors (Lipinski definition) is 4. The van der Waals surface area contributed by atoms with Gasteiger partial charge in [-0.25, -0.2) is 0 Å². The van der Waals surface area contributed by atoms with E-state index in [-0.39, 0.29) is 13.2 Å². The van der Waals surface area contributed by atoms with Gasteiger partial charge in [0.05, 0.1) is 6.61 Å². The Bertz CT molecular complexity index is 332. The van der Waals surface area contributed by atoms with Crippen LogP contribution in [0.4, 0.5) is 13.2 Å². The number of hydrogen-bond donors (Lipinski definition) is 3. The molecule has 0 aromatic heterocycles. The lowest BCUT2D eigenvalue weighted by molar-refractivity contribution is -0.188. The van der Waals surface area contributed by atoms with Gasteiger partial charge in [0.2, 0.25) is 11.8 Å². The lowest BCUT2D eigenvalue weighted by Crippen LogP contribution is -2.63. The smallest absolute Gasteiger partial charge is 0.383 e. The minimum absolute atomic E-state index is 0.189. The van der Waals surface area contributed by atoms with Gasteiger partial charge in [-0.15, -0.1) is 0 Å². The Labute approximate surface area is 108 Å². The summed E-state index contributed by atoms with van der Waals surface area (Å²) >= 11 is 0. The van der Waals surface area contributed by atoms with Crippen molar-refractivity contribution in [3.63, 3.8) is 0 Å². The third-order valence-electron chi connectivity index (χ3n) is 2.41. The van der Waals surface area contributed by atoms with Crippen LogP contribution >= 0.6 is 0 Å². The number of ether oxygens (including phenoxy) is 1. The quantitative estimate of drug-likeness (QED) is 0.575. The van der Waals surface area contributed by atoms with Crippen molar-refractivity contribution in [1.82, 2.24) is 10.6 Å². The summed E-state index contributed by atoms with van der Waals surface area (Å²) in [5.74, 6) is -2.09. The summed E-state index contributed by atoms with van der Waals surface area (Å²) in [6.07, 6.45) is -4.90. The maximum Gasteiger partial charge on any atom is 0.415 e. The molecule has 0 aliphatic carbocycles. The van der Waals surface area contributed by atoms with E-state index in [4.69, 9.17) is 5.73 Å². The van der Waals surface area contributed by atoms with E-state index in [0.29, 0.717) is 6.92 Å². The van der Waals surface area contributed by atoms with Gasteiger partial charge in [-0.2, -0.15) is 13.2 Å². The van der Waals surface area contributed by atoms with Crippen molar-refractivity contribution < 1.29 is 27.5 Å². The molecule has 0 saturated heterocycles. The van der Waals surface area contributed by atoms with Gasteiger partial charge in [0.1, 0.15) is 6.04 Å². The molecule has 112 valence electrons. The highest BCUT2D eigenvalue weighted by atomic mass is 19.4. The summed E-state index contributed by atoms with van der Waals surface area (Å²) in [4.78, 5) is 22.8. The molecule has 2 amide bonds. The molecule has 0 aromatic carbocycles. The molecule has 19 heavy (non-hydrogen) atoms. The van der Waals surface area contributed by atoms with Crippen molar-refractivity contribution in [2.24, 2.45) is 5.73 Å². The summed E-state index contributed by atoms with van der Waals surface area (Å²) in [6.45, 7) is 2.24. The predicted molar refractivity (Wildman–Crippen MR) is 61.1 cm³/mol. The zero-order valence-corrected chi connectivity index (χ0v) is 10.9. The SMILES string of the molecule is COCCNC(=O)C(C)NC(=O)C(C)(N)C(F)(F)F. The van der Waals surface area contributed by atoms with Crippen LogP contribution in [0.1, 0.15) is 13.8 Å². The van der Waals surface area contributed by atoms with Crippen molar-refractivity contribution >= 4 is 11.8 Å². The number of nitrogens with two attached hydrogens (primary N) is 1. The Morgan fingerprint density at radius 2 is 1.89 bits per heavy atom. The lowest BCUT2D eigenvalue weighted by atomic mass is 10.0. The molecular weight excluding hydrogens is 267 g/mol. The van der Waals surface area contributed by atoms with Crippen LogP contribution in [0.25, 0.3) is 0 Å². The Balaban J connectivity index is 4.44. The highest BCUT2D eigenvalue weighted by Crippen LogP contribution is 2.27. The van der Waals surface area contributed by atoms with Crippen molar-refractivity contribution in [2.45, 2.75) is 31.6 Å². The first-order chi connectivity index (χ1) is 8.54. The fourth-order valence-electron chi connectivity index (χ4n) is 0.970. The second-order valence-corrected chi connectivity index (χ2v) is 4.18. The number of nitrogens with one attached hydrogen (secondary N) is 2. The first kappa shape index (κ1) is 17.6. The molecule has 0 heterocycles. The van der Waals surface area contributed by atoms with E-state index in [0.717, 1.165) is 0 Å². The fourth-order valence-corrected chi connectivity index (χ4v) is 0.970. The molecule has 0 bridgehead atoms. The molecule has 2 atom stereocenters. The molecular formula is C10H18F3N3O3. The van der Waals surface area contributed by atoms with Gasteiger partial charge in [-0.1, -0.05) is 0 Å². The van der Waals surface area contributed by atoms with Gasteiger partial charge in [0.15, 0.2) is 5.54 Å². The summed E-state index contributed by atoms with van der Waals surface area (Å²) in [7, 11) is 1.43. The van der Waals surface area contributed by atoms with Crippen LogP contribution in [0.5, 0.6) is 0 Å². The predicted octanol–water partition coefficient (Wildman–Crippen LogP) is -0.467. The number of carbonyl (C=O) groups excluding carboxylic acids is 2. The minimum Gasteiger partial charge on any atom is -0.383 e. The van der Waals surface area contributed by atoms with E-state index in [2.05, 4.69) is 10.1 Å². The Morgan fingerprint density at radius 3 is 2.32 bits per heavy atom. The second kappa shape index (κ2) is 6.71. The summed E-state index contributed by atoms with van der Waals surface area (Å²) in [5, 5.41) is 4.29. The van der Waals surface area contributed by atoms with Crippen molar-refractivity contribution in [1.29, 1.82) is 0 Å². The molecule has 0 aromatic rings. The molecule has 0 radical (unpaired) electrons. The number of methoxy groups -OCH3 is 1. The fraction of sp³-hybridized carbons (Fsp3) is 0.800. The normalized spacial score (nSPS) is 16.4. The first-order valence-electron chi connectivity index (χ1n) is 5.47. The van der Waals surface area contributed by atoms with Gasteiger partial charge >= 0.3 is 6.18 Å². The Morgan fingerprint density at radius 1 is 1.37 bits per heavy atom. The van der Waals surface area contributed by atoms with Crippen molar-refractivity contribution in [3.8, 4) is 0 Å². The monoisotopic (exact) mass is 285 g/mol. The van der Waals surface area contributed by atoms with Gasteiger partial charge in [-0.05, 0) is 13.8 Å². The van der Waals surface area contributed by atoms with E-state index in [1.807, 2.05) is 5.32 Å². The number of carbonyl (C=O) groups is 2. The van der Waals surface area contributed by atoms with Gasteiger partial charge < -0.3 is 21.1 Å². The molecule has 0 fully saturated rings. The molecule has 0 saturated carbocycles. The maximum atomic E-state index is 12.5. The number of alkyl halides is 3. The average Bonchev–Trinajstić information content (AvgIpc) is 2.27. The molecule has 0 spiro atoms. The summed E-state index contributed by atoms with van der Waals surface area (Å²) < 4.78 is 42.1. The topological polar surface area (TPSA) is 93.5 Å². The molecule has 9 heteroatoms. The maximum absolute atomic E-state index is 12.5. The number of amides is 2. The van der Waals surface area contributed by atoms with Crippen molar-refractivity contribution in [3.05, 3.63) is 0 Å². The molecule has 0 aliphatic heterocycles. The van der Waals surface area contributed by atoms with Gasteiger partial charge in [0.25, 0.3) is 0 Å². The van der Waals surface area contributed by atoms with E-state index in [1.165, 1.54) is 14.0 Å². The van der Waals surface area contributed by atoms with Gasteiger partial charge in [0, 0.05) is 13.7 Å². The largest absolute Gasteiger partial charge is 0.415 e. The highest BCUT2D eigenvalue weighted by molar-refractivity contribution is 5.92. The number of halogens is 3. The van der Waals surface area contributed by atoms with Crippen LogP contribution in [0, 0.1) is 0 Å². The Kier molecular flexibility index (Phi) is 6.23.